The van der Waals surface area contributed by atoms with E-state index in [1.165, 1.54) is 71.1 Å². The van der Waals surface area contributed by atoms with Crippen molar-refractivity contribution in [2.24, 2.45) is 52.3 Å². The third-order valence-corrected chi connectivity index (χ3v) is 11.5. The molecular formula is C31H52O3. The molecule has 194 valence electrons. The van der Waals surface area contributed by atoms with Gasteiger partial charge in [0.1, 0.15) is 18.3 Å². The monoisotopic (exact) mass is 472 g/mol. The van der Waals surface area contributed by atoms with E-state index in [9.17, 15) is 9.59 Å². The predicted octanol–water partition coefficient (Wildman–Crippen LogP) is 8.00. The highest BCUT2D eigenvalue weighted by atomic mass is 16.5. The van der Waals surface area contributed by atoms with Gasteiger partial charge >= 0.3 is 5.97 Å². The molecule has 3 heteroatoms. The highest BCUT2D eigenvalue weighted by Crippen LogP contribution is 2.68. The van der Waals surface area contributed by atoms with Gasteiger partial charge in [-0.25, -0.2) is 0 Å². The average Bonchev–Trinajstić information content (AvgIpc) is 3.10. The number of carbonyl (C=O) groups excluding carboxylic acids is 2. The van der Waals surface area contributed by atoms with E-state index >= 15 is 0 Å². The highest BCUT2D eigenvalue weighted by Gasteiger charge is 2.60. The Bertz CT molecular complexity index is 743. The van der Waals surface area contributed by atoms with Crippen LogP contribution in [0.4, 0.5) is 0 Å². The van der Waals surface area contributed by atoms with Crippen LogP contribution in [-0.2, 0) is 14.3 Å². The van der Waals surface area contributed by atoms with Crippen LogP contribution in [-0.4, -0.2) is 17.9 Å². The summed E-state index contributed by atoms with van der Waals surface area (Å²) in [6.07, 6.45) is 15.8. The zero-order valence-electron chi connectivity index (χ0n) is 23.0. The quantitative estimate of drug-likeness (QED) is 0.265. The van der Waals surface area contributed by atoms with Gasteiger partial charge in [0.2, 0.25) is 0 Å². The summed E-state index contributed by atoms with van der Waals surface area (Å²) in [7, 11) is 0. The van der Waals surface area contributed by atoms with Gasteiger partial charge in [0.15, 0.2) is 0 Å². The first kappa shape index (κ1) is 26.2. The maximum atomic E-state index is 12.1. The molecule has 4 fully saturated rings. The van der Waals surface area contributed by atoms with Gasteiger partial charge in [-0.1, -0.05) is 53.9 Å². The number of rotatable bonds is 8. The van der Waals surface area contributed by atoms with Crippen LogP contribution in [0.1, 0.15) is 125 Å². The fourth-order valence-corrected chi connectivity index (χ4v) is 9.78. The standard InChI is InChI=1S/C31H52O3/c1-20(2)8-7-9-21(3)26-12-13-27-25-11-10-23-19-24(34-29(33)18-22(4)32)14-16-30(23,5)28(25)15-17-31(26,27)6/h20-21,23-28H,7-19H2,1-6H3/t21-,23+,24-,25-,26+,27-,28-,30-,31+/m0/s1. The summed E-state index contributed by atoms with van der Waals surface area (Å²) in [5.74, 6) is 5.58. The number of Topliss-reactive ketones (excluding diaryl/α,β-unsaturated/α-hetero) is 1. The lowest BCUT2D eigenvalue weighted by Gasteiger charge is -2.61. The molecular weight excluding hydrogens is 420 g/mol. The van der Waals surface area contributed by atoms with Crippen molar-refractivity contribution in [3.63, 3.8) is 0 Å². The Morgan fingerprint density at radius 3 is 2.29 bits per heavy atom. The second-order valence-electron chi connectivity index (χ2n) is 14.0. The molecule has 0 aromatic carbocycles. The summed E-state index contributed by atoms with van der Waals surface area (Å²) < 4.78 is 5.75. The van der Waals surface area contributed by atoms with Gasteiger partial charge in [0.25, 0.3) is 0 Å². The molecule has 3 nitrogen and oxygen atoms in total. The van der Waals surface area contributed by atoms with Gasteiger partial charge in [0, 0.05) is 0 Å². The summed E-state index contributed by atoms with van der Waals surface area (Å²) in [6, 6.07) is 0. The molecule has 4 rings (SSSR count). The number of hydrogen-bond donors (Lipinski definition) is 0. The lowest BCUT2D eigenvalue weighted by atomic mass is 9.44. The van der Waals surface area contributed by atoms with Crippen LogP contribution in [0.25, 0.3) is 0 Å². The van der Waals surface area contributed by atoms with Crippen molar-refractivity contribution < 1.29 is 14.3 Å². The molecule has 4 saturated carbocycles. The van der Waals surface area contributed by atoms with E-state index in [0.717, 1.165) is 48.3 Å². The van der Waals surface area contributed by atoms with E-state index in [0.29, 0.717) is 16.7 Å². The SMILES string of the molecule is CC(=O)CC(=O)O[C@H]1CC[C@@]2(C)[C@H](CC[C@@H]3[C@@H]2CC[C@]2(C)[C@@H]([C@@H](C)CCCC(C)C)CC[C@@H]32)C1. The molecule has 0 heterocycles. The van der Waals surface area contributed by atoms with Crippen LogP contribution in [0.5, 0.6) is 0 Å². The minimum Gasteiger partial charge on any atom is -0.462 e. The molecule has 0 radical (unpaired) electrons. The third kappa shape index (κ3) is 5.01. The molecule has 0 bridgehead atoms. The van der Waals surface area contributed by atoms with E-state index in [1.54, 1.807) is 0 Å². The first-order valence-electron chi connectivity index (χ1n) is 14.7. The molecule has 4 aliphatic rings. The number of hydrogen-bond acceptors (Lipinski definition) is 3. The number of ketones is 1. The highest BCUT2D eigenvalue weighted by molar-refractivity contribution is 5.94. The van der Waals surface area contributed by atoms with E-state index in [4.69, 9.17) is 4.74 Å². The Hall–Kier alpha value is -0.860. The van der Waals surface area contributed by atoms with Crippen LogP contribution in [0, 0.1) is 52.3 Å². The smallest absolute Gasteiger partial charge is 0.313 e. The summed E-state index contributed by atoms with van der Waals surface area (Å²) in [5.41, 5.74) is 0.968. The topological polar surface area (TPSA) is 43.4 Å². The summed E-state index contributed by atoms with van der Waals surface area (Å²) in [6.45, 7) is 14.0. The zero-order chi connectivity index (χ0) is 24.7. The molecule has 0 aromatic heterocycles. The Morgan fingerprint density at radius 1 is 0.882 bits per heavy atom. The van der Waals surface area contributed by atoms with Gasteiger partial charge in [-0.05, 0) is 117 Å². The Labute approximate surface area is 209 Å². The average molecular weight is 473 g/mol. The molecule has 34 heavy (non-hydrogen) atoms. The van der Waals surface area contributed by atoms with Gasteiger partial charge in [-0.3, -0.25) is 9.59 Å². The van der Waals surface area contributed by atoms with E-state index < -0.39 is 0 Å². The largest absolute Gasteiger partial charge is 0.462 e. The normalized spacial score (nSPS) is 42.4. The van der Waals surface area contributed by atoms with Gasteiger partial charge in [-0.15, -0.1) is 0 Å². The first-order valence-corrected chi connectivity index (χ1v) is 14.7. The fraction of sp³-hybridized carbons (Fsp3) is 0.935. The second kappa shape index (κ2) is 10.3. The van der Waals surface area contributed by atoms with Crippen molar-refractivity contribution in [3.05, 3.63) is 0 Å². The number of esters is 1. The van der Waals surface area contributed by atoms with Gasteiger partial charge in [-0.2, -0.15) is 0 Å². The minimum atomic E-state index is -0.317. The Morgan fingerprint density at radius 2 is 1.59 bits per heavy atom. The second-order valence-corrected chi connectivity index (χ2v) is 14.0. The Balaban J connectivity index is 1.39. The maximum Gasteiger partial charge on any atom is 0.313 e. The van der Waals surface area contributed by atoms with Gasteiger partial charge < -0.3 is 4.74 Å². The number of ether oxygens (including phenoxy) is 1. The molecule has 0 amide bonds. The molecule has 9 atom stereocenters. The molecule has 0 saturated heterocycles. The molecule has 0 spiro atoms. The molecule has 0 N–H and O–H groups in total. The number of carbonyl (C=O) groups is 2. The van der Waals surface area contributed by atoms with Crippen LogP contribution >= 0.6 is 0 Å². The van der Waals surface area contributed by atoms with Crippen molar-refractivity contribution in [3.8, 4) is 0 Å². The lowest BCUT2D eigenvalue weighted by molar-refractivity contribution is -0.163. The fourth-order valence-electron chi connectivity index (χ4n) is 9.78. The van der Waals surface area contributed by atoms with Crippen LogP contribution in [0.15, 0.2) is 0 Å². The zero-order valence-corrected chi connectivity index (χ0v) is 23.0. The van der Waals surface area contributed by atoms with Crippen LogP contribution < -0.4 is 0 Å². The van der Waals surface area contributed by atoms with Crippen molar-refractivity contribution in [1.29, 1.82) is 0 Å². The van der Waals surface area contributed by atoms with Crippen molar-refractivity contribution in [2.45, 2.75) is 131 Å². The predicted molar refractivity (Wildman–Crippen MR) is 138 cm³/mol. The van der Waals surface area contributed by atoms with Crippen molar-refractivity contribution in [1.82, 2.24) is 0 Å². The van der Waals surface area contributed by atoms with Crippen molar-refractivity contribution in [2.75, 3.05) is 0 Å². The first-order chi connectivity index (χ1) is 16.0. The summed E-state index contributed by atoms with van der Waals surface area (Å²) in [4.78, 5) is 23.4. The summed E-state index contributed by atoms with van der Waals surface area (Å²) in [5, 5.41) is 0. The van der Waals surface area contributed by atoms with Crippen LogP contribution in [0.2, 0.25) is 0 Å². The summed E-state index contributed by atoms with van der Waals surface area (Å²) >= 11 is 0. The van der Waals surface area contributed by atoms with Crippen LogP contribution in [0.3, 0.4) is 0 Å². The number of fused-ring (bicyclic) bond motifs is 5. The third-order valence-electron chi connectivity index (χ3n) is 11.5. The molecule has 4 aliphatic carbocycles. The van der Waals surface area contributed by atoms with E-state index in [1.807, 2.05) is 0 Å². The minimum absolute atomic E-state index is 0.0258. The van der Waals surface area contributed by atoms with E-state index in [-0.39, 0.29) is 24.3 Å². The maximum absolute atomic E-state index is 12.1. The molecule has 0 aromatic rings. The lowest BCUT2D eigenvalue weighted by Crippen LogP contribution is -2.54. The Kier molecular flexibility index (Phi) is 7.90. The van der Waals surface area contributed by atoms with Crippen molar-refractivity contribution >= 4 is 11.8 Å². The molecule has 0 aliphatic heterocycles. The van der Waals surface area contributed by atoms with E-state index in [2.05, 4.69) is 34.6 Å². The van der Waals surface area contributed by atoms with Gasteiger partial charge in [0.05, 0.1) is 0 Å². The molecule has 0 unspecified atom stereocenters.